The van der Waals surface area contributed by atoms with Crippen molar-refractivity contribution in [3.8, 4) is 0 Å². The number of halogens is 1. The summed E-state index contributed by atoms with van der Waals surface area (Å²) in [5.74, 6) is -0.710. The Balaban J connectivity index is 4.08. The van der Waals surface area contributed by atoms with Crippen molar-refractivity contribution in [2.24, 2.45) is 0 Å². The van der Waals surface area contributed by atoms with E-state index in [0.29, 0.717) is 25.0 Å². The van der Waals surface area contributed by atoms with Crippen molar-refractivity contribution in [3.63, 3.8) is 0 Å². The second kappa shape index (κ2) is 9.16. The van der Waals surface area contributed by atoms with Crippen LogP contribution in [0.1, 0.15) is 31.4 Å². The third-order valence-corrected chi connectivity index (χ3v) is 10.8. The van der Waals surface area contributed by atoms with Crippen molar-refractivity contribution >= 4 is 40.1 Å². The van der Waals surface area contributed by atoms with Gasteiger partial charge in [-0.1, -0.05) is 32.9 Å². The summed E-state index contributed by atoms with van der Waals surface area (Å²) in [5, 5.41) is 0. The topological polar surface area (TPSA) is 143 Å². The average molecular weight is 509 g/mol. The molecular formula is C15H25FN2O8S4. The summed E-state index contributed by atoms with van der Waals surface area (Å²) in [6, 6.07) is 0.581. The molecule has 0 N–H and O–H groups in total. The van der Waals surface area contributed by atoms with E-state index in [1.54, 1.807) is 6.92 Å². The molecule has 0 aromatic heterocycles. The van der Waals surface area contributed by atoms with E-state index in [-0.39, 0.29) is 25.8 Å². The van der Waals surface area contributed by atoms with Crippen LogP contribution in [0, 0.1) is 5.82 Å². The third-order valence-electron chi connectivity index (χ3n) is 3.97. The predicted octanol–water partition coefficient (Wildman–Crippen LogP) is 0.478. The van der Waals surface area contributed by atoms with Crippen LogP contribution in [-0.2, 0) is 40.1 Å². The first-order valence-corrected chi connectivity index (χ1v) is 15.9. The van der Waals surface area contributed by atoms with Crippen LogP contribution in [0.3, 0.4) is 0 Å². The maximum atomic E-state index is 13.5. The second-order valence-electron chi connectivity index (χ2n) is 6.86. The highest BCUT2D eigenvalue weighted by molar-refractivity contribution is 8.04. The first-order chi connectivity index (χ1) is 13.3. The lowest BCUT2D eigenvalue weighted by molar-refractivity contribution is 0.284. The zero-order valence-corrected chi connectivity index (χ0v) is 20.3. The Bertz CT molecular complexity index is 1110. The Morgan fingerprint density at radius 3 is 1.40 bits per heavy atom. The fourth-order valence-corrected chi connectivity index (χ4v) is 9.92. The van der Waals surface area contributed by atoms with Crippen LogP contribution in [0.5, 0.6) is 0 Å². The molecule has 30 heavy (non-hydrogen) atoms. The molecule has 1 rings (SSSR count). The zero-order chi connectivity index (χ0) is 23.7. The van der Waals surface area contributed by atoms with Gasteiger partial charge in [-0.05, 0) is 24.1 Å². The van der Waals surface area contributed by atoms with Crippen LogP contribution in [-0.4, -0.2) is 72.2 Å². The largest absolute Gasteiger partial charge is 0.224 e. The van der Waals surface area contributed by atoms with Gasteiger partial charge in [-0.15, -0.1) is 0 Å². The number of hydrogen-bond acceptors (Lipinski definition) is 8. The summed E-state index contributed by atoms with van der Waals surface area (Å²) in [6.45, 7) is 1.59. The lowest BCUT2D eigenvalue weighted by Crippen LogP contribution is -2.53. The molecule has 1 aromatic rings. The molecule has 0 saturated heterocycles. The van der Waals surface area contributed by atoms with Gasteiger partial charge in [0.1, 0.15) is 5.82 Å². The molecule has 0 amide bonds. The van der Waals surface area contributed by atoms with Crippen LogP contribution < -0.4 is 0 Å². The molecule has 0 heterocycles. The fraction of sp³-hybridized carbons (Fsp3) is 0.600. The maximum Gasteiger partial charge on any atom is 0.224 e. The summed E-state index contributed by atoms with van der Waals surface area (Å²) in [4.78, 5) is 0. The Morgan fingerprint density at radius 2 is 1.10 bits per heavy atom. The fourth-order valence-electron chi connectivity index (χ4n) is 3.21. The Hall–Kier alpha value is -1.13. The van der Waals surface area contributed by atoms with E-state index >= 15 is 0 Å². The summed E-state index contributed by atoms with van der Waals surface area (Å²) < 4.78 is 113. The van der Waals surface area contributed by atoms with Crippen LogP contribution in [0.2, 0.25) is 0 Å². The molecule has 0 unspecified atom stereocenters. The normalized spacial score (nSPS) is 16.0. The number of rotatable bonds is 10. The standard InChI is InChI=1S/C15H25FN2O8S4/c1-6-7-14(17(27(2,19)20)28(3,21)22)15(12-8-10-13(16)11-9-12)18(29(4,23)24)30(5,25)26/h8-11,14-15H,6-7H2,1-5H3/t14-,15+/m1/s1. The average Bonchev–Trinajstić information content (AvgIpc) is 2.48. The zero-order valence-electron chi connectivity index (χ0n) is 17.0. The Kier molecular flexibility index (Phi) is 8.21. The van der Waals surface area contributed by atoms with Crippen molar-refractivity contribution in [3.05, 3.63) is 35.6 Å². The number of sulfonamides is 4. The molecule has 0 fully saturated rings. The van der Waals surface area contributed by atoms with Crippen molar-refractivity contribution in [2.45, 2.75) is 31.8 Å². The summed E-state index contributed by atoms with van der Waals surface area (Å²) in [7, 11) is -18.0. The molecule has 10 nitrogen and oxygen atoms in total. The maximum absolute atomic E-state index is 13.5. The first-order valence-electron chi connectivity index (χ1n) is 8.46. The van der Waals surface area contributed by atoms with E-state index in [4.69, 9.17) is 0 Å². The first kappa shape index (κ1) is 26.9. The van der Waals surface area contributed by atoms with Crippen molar-refractivity contribution < 1.29 is 38.1 Å². The highest BCUT2D eigenvalue weighted by Gasteiger charge is 2.47. The monoisotopic (exact) mass is 508 g/mol. The molecule has 0 bridgehead atoms. The number of hydrogen-bond donors (Lipinski definition) is 0. The SMILES string of the molecule is CCC[C@H]([C@H](c1ccc(F)cc1)N(S(C)(=O)=O)S(C)(=O)=O)N(S(C)(=O)=O)S(C)(=O)=O. The Labute approximate surface area is 177 Å². The Morgan fingerprint density at radius 1 is 0.733 bits per heavy atom. The minimum atomic E-state index is -4.53. The smallest absolute Gasteiger partial charge is 0.212 e. The van der Waals surface area contributed by atoms with Gasteiger partial charge in [0.2, 0.25) is 40.1 Å². The van der Waals surface area contributed by atoms with Crippen LogP contribution in [0.25, 0.3) is 0 Å². The lowest BCUT2D eigenvalue weighted by atomic mass is 9.97. The molecule has 174 valence electrons. The summed E-state index contributed by atoms with van der Waals surface area (Å²) in [6.07, 6.45) is 2.40. The van der Waals surface area contributed by atoms with E-state index in [9.17, 15) is 38.1 Å². The summed E-state index contributed by atoms with van der Waals surface area (Å²) >= 11 is 0. The van der Waals surface area contributed by atoms with E-state index < -0.39 is 58.0 Å². The van der Waals surface area contributed by atoms with Crippen LogP contribution in [0.4, 0.5) is 4.39 Å². The van der Waals surface area contributed by atoms with E-state index in [0.717, 1.165) is 24.3 Å². The third kappa shape index (κ3) is 6.68. The van der Waals surface area contributed by atoms with Crippen molar-refractivity contribution in [1.29, 1.82) is 0 Å². The van der Waals surface area contributed by atoms with Gasteiger partial charge in [-0.25, -0.2) is 38.1 Å². The quantitative estimate of drug-likeness (QED) is 0.444. The molecule has 1 aromatic carbocycles. The van der Waals surface area contributed by atoms with Crippen LogP contribution >= 0.6 is 0 Å². The second-order valence-corrected chi connectivity index (χ2v) is 14.8. The highest BCUT2D eigenvalue weighted by atomic mass is 32.3. The molecule has 0 aliphatic rings. The van der Waals surface area contributed by atoms with Gasteiger partial charge in [0, 0.05) is 0 Å². The molecule has 2 atom stereocenters. The molecule has 0 saturated carbocycles. The minimum absolute atomic E-state index is 0.0664. The number of nitrogens with zero attached hydrogens (tertiary/aromatic N) is 2. The minimum Gasteiger partial charge on any atom is -0.212 e. The molecule has 0 radical (unpaired) electrons. The van der Waals surface area contributed by atoms with Gasteiger partial charge in [0.05, 0.1) is 37.1 Å². The molecule has 0 aliphatic heterocycles. The van der Waals surface area contributed by atoms with Crippen molar-refractivity contribution in [1.82, 2.24) is 7.42 Å². The van der Waals surface area contributed by atoms with Gasteiger partial charge in [0.15, 0.2) is 0 Å². The predicted molar refractivity (Wildman–Crippen MR) is 111 cm³/mol. The molecular weight excluding hydrogens is 483 g/mol. The van der Waals surface area contributed by atoms with Crippen LogP contribution in [0.15, 0.2) is 24.3 Å². The van der Waals surface area contributed by atoms with E-state index in [1.807, 2.05) is 0 Å². The van der Waals surface area contributed by atoms with Gasteiger partial charge in [0.25, 0.3) is 0 Å². The molecule has 0 aliphatic carbocycles. The van der Waals surface area contributed by atoms with Gasteiger partial charge in [-0.2, -0.15) is 0 Å². The van der Waals surface area contributed by atoms with Gasteiger partial charge in [-0.3, -0.25) is 0 Å². The van der Waals surface area contributed by atoms with E-state index in [1.165, 1.54) is 0 Å². The number of benzene rings is 1. The van der Waals surface area contributed by atoms with E-state index in [2.05, 4.69) is 0 Å². The van der Waals surface area contributed by atoms with Crippen molar-refractivity contribution in [2.75, 3.05) is 25.0 Å². The summed E-state index contributed by atoms with van der Waals surface area (Å²) in [5.41, 5.74) is -0.0944. The molecule has 0 spiro atoms. The highest BCUT2D eigenvalue weighted by Crippen LogP contribution is 2.36. The lowest BCUT2D eigenvalue weighted by Gasteiger charge is -2.38. The van der Waals surface area contributed by atoms with Gasteiger partial charge >= 0.3 is 0 Å². The van der Waals surface area contributed by atoms with Gasteiger partial charge < -0.3 is 0 Å². The molecule has 15 heteroatoms.